The highest BCUT2D eigenvalue weighted by Crippen LogP contribution is 2.37. The molecule has 0 spiro atoms. The van der Waals surface area contributed by atoms with Crippen molar-refractivity contribution in [1.82, 2.24) is 9.97 Å². The first-order chi connectivity index (χ1) is 12.9. The van der Waals surface area contributed by atoms with E-state index in [0.717, 1.165) is 47.4 Å². The maximum atomic E-state index is 8.70. The van der Waals surface area contributed by atoms with E-state index < -0.39 is 0 Å². The molecule has 142 valence electrons. The lowest BCUT2D eigenvalue weighted by molar-refractivity contribution is 0.315. The largest absolute Gasteiger partial charge is 0.402 e. The minimum Gasteiger partial charge on any atom is -0.402 e. The number of nitrogens with one attached hydrogen (secondary N) is 2. The van der Waals surface area contributed by atoms with E-state index in [9.17, 15) is 0 Å². The van der Waals surface area contributed by atoms with Crippen LogP contribution in [0.2, 0.25) is 0 Å². The van der Waals surface area contributed by atoms with Gasteiger partial charge in [0.25, 0.3) is 0 Å². The van der Waals surface area contributed by atoms with Gasteiger partial charge in [-0.05, 0) is 54.0 Å². The average molecular weight is 364 g/mol. The molecule has 1 aliphatic rings. The number of rotatable bonds is 6. The van der Waals surface area contributed by atoms with Crippen molar-refractivity contribution in [1.29, 1.82) is 5.41 Å². The summed E-state index contributed by atoms with van der Waals surface area (Å²) in [6.45, 7) is 5.38. The maximum absolute atomic E-state index is 8.70. The molecular weight excluding hydrogens is 336 g/mol. The Morgan fingerprint density at radius 2 is 2.15 bits per heavy atom. The van der Waals surface area contributed by atoms with Crippen molar-refractivity contribution >= 4 is 11.5 Å². The molecule has 0 aromatic carbocycles. The fraction of sp³-hybridized carbons (Fsp3) is 0.381. The van der Waals surface area contributed by atoms with E-state index in [4.69, 9.17) is 16.9 Å². The zero-order chi connectivity index (χ0) is 19.4. The lowest BCUT2D eigenvalue weighted by atomic mass is 9.75. The highest BCUT2D eigenvalue weighted by molar-refractivity contribution is 6.11. The number of anilines is 1. The summed E-state index contributed by atoms with van der Waals surface area (Å²) in [5, 5.41) is 12.0. The van der Waals surface area contributed by atoms with Crippen LogP contribution in [0.25, 0.3) is 0 Å². The molecule has 2 aromatic rings. The summed E-state index contributed by atoms with van der Waals surface area (Å²) in [5.74, 6) is 0.705. The zero-order valence-electron chi connectivity index (χ0n) is 16.0. The molecule has 0 radical (unpaired) electrons. The SMILES string of the molecule is CC1(C)CCC(C(=N)c2cc(CN)nc(NCc3cccnc3)c2)=C(N)C1. The molecular formula is C21H28N6. The minimum absolute atomic E-state index is 0.199. The van der Waals surface area contributed by atoms with Crippen molar-refractivity contribution in [2.24, 2.45) is 16.9 Å². The highest BCUT2D eigenvalue weighted by Gasteiger charge is 2.27. The van der Waals surface area contributed by atoms with E-state index in [1.807, 2.05) is 30.5 Å². The Morgan fingerprint density at radius 1 is 1.33 bits per heavy atom. The molecule has 6 heteroatoms. The Kier molecular flexibility index (Phi) is 5.56. The molecule has 0 saturated carbocycles. The van der Waals surface area contributed by atoms with Crippen LogP contribution in [0, 0.1) is 10.8 Å². The fourth-order valence-corrected chi connectivity index (χ4v) is 3.42. The van der Waals surface area contributed by atoms with E-state index in [1.165, 1.54) is 0 Å². The first kappa shape index (κ1) is 19.0. The third-order valence-electron chi connectivity index (χ3n) is 4.98. The van der Waals surface area contributed by atoms with E-state index in [0.29, 0.717) is 24.6 Å². The van der Waals surface area contributed by atoms with Crippen LogP contribution in [-0.4, -0.2) is 15.7 Å². The van der Waals surface area contributed by atoms with Gasteiger partial charge >= 0.3 is 0 Å². The lowest BCUT2D eigenvalue weighted by Crippen LogP contribution is -2.25. The van der Waals surface area contributed by atoms with Crippen LogP contribution >= 0.6 is 0 Å². The van der Waals surface area contributed by atoms with Crippen molar-refractivity contribution in [2.75, 3.05) is 5.32 Å². The molecule has 2 aromatic heterocycles. The fourth-order valence-electron chi connectivity index (χ4n) is 3.42. The Balaban J connectivity index is 1.83. The number of hydrogen-bond acceptors (Lipinski definition) is 6. The van der Waals surface area contributed by atoms with Crippen molar-refractivity contribution in [3.63, 3.8) is 0 Å². The smallest absolute Gasteiger partial charge is 0.127 e. The summed E-state index contributed by atoms with van der Waals surface area (Å²) in [6.07, 6.45) is 6.26. The van der Waals surface area contributed by atoms with Gasteiger partial charge in [-0.1, -0.05) is 19.9 Å². The molecule has 1 aliphatic carbocycles. The maximum Gasteiger partial charge on any atom is 0.127 e. The van der Waals surface area contributed by atoms with Crippen LogP contribution in [-0.2, 0) is 13.1 Å². The van der Waals surface area contributed by atoms with Gasteiger partial charge in [0.1, 0.15) is 5.82 Å². The van der Waals surface area contributed by atoms with E-state index in [1.54, 1.807) is 6.20 Å². The van der Waals surface area contributed by atoms with Crippen LogP contribution in [0.15, 0.2) is 47.9 Å². The summed E-state index contributed by atoms with van der Waals surface area (Å²) in [4.78, 5) is 8.66. The standard InChI is InChI=1S/C21H28N6/c1-21(2)6-5-17(18(23)10-21)20(24)15-8-16(11-22)27-19(9-15)26-13-14-4-3-7-25-12-14/h3-4,7-9,12,24H,5-6,10-11,13,22-23H2,1-2H3,(H,26,27). The van der Waals surface area contributed by atoms with Gasteiger partial charge in [-0.15, -0.1) is 0 Å². The predicted molar refractivity (Wildman–Crippen MR) is 109 cm³/mol. The van der Waals surface area contributed by atoms with Gasteiger partial charge in [0, 0.05) is 36.7 Å². The number of hydrogen-bond donors (Lipinski definition) is 4. The minimum atomic E-state index is 0.199. The molecule has 27 heavy (non-hydrogen) atoms. The first-order valence-electron chi connectivity index (χ1n) is 9.28. The number of pyridine rings is 2. The van der Waals surface area contributed by atoms with Crippen LogP contribution in [0.4, 0.5) is 5.82 Å². The molecule has 3 rings (SSSR count). The summed E-state index contributed by atoms with van der Waals surface area (Å²) in [7, 11) is 0. The van der Waals surface area contributed by atoms with Gasteiger partial charge < -0.3 is 16.8 Å². The first-order valence-corrected chi connectivity index (χ1v) is 9.28. The normalized spacial score (nSPS) is 16.3. The third-order valence-corrected chi connectivity index (χ3v) is 4.98. The van der Waals surface area contributed by atoms with E-state index >= 15 is 0 Å². The summed E-state index contributed by atoms with van der Waals surface area (Å²) < 4.78 is 0. The Bertz CT molecular complexity index is 854. The molecule has 0 atom stereocenters. The average Bonchev–Trinajstić information content (AvgIpc) is 2.66. The van der Waals surface area contributed by atoms with Crippen LogP contribution in [0.3, 0.4) is 0 Å². The van der Waals surface area contributed by atoms with Gasteiger partial charge in [-0.25, -0.2) is 4.98 Å². The lowest BCUT2D eigenvalue weighted by Gasteiger charge is -2.32. The summed E-state index contributed by atoms with van der Waals surface area (Å²) in [6, 6.07) is 7.70. The molecule has 2 heterocycles. The van der Waals surface area contributed by atoms with Gasteiger partial charge in [-0.2, -0.15) is 0 Å². The van der Waals surface area contributed by atoms with Crippen LogP contribution in [0.1, 0.15) is 49.9 Å². The summed E-state index contributed by atoms with van der Waals surface area (Å²) in [5.41, 5.74) is 17.2. The van der Waals surface area contributed by atoms with Crippen molar-refractivity contribution in [2.45, 2.75) is 46.2 Å². The highest BCUT2D eigenvalue weighted by atomic mass is 15.0. The molecule has 0 fully saturated rings. The zero-order valence-corrected chi connectivity index (χ0v) is 16.0. The third kappa shape index (κ3) is 4.71. The molecule has 0 saturated heterocycles. The molecule has 0 aliphatic heterocycles. The van der Waals surface area contributed by atoms with E-state index in [2.05, 4.69) is 29.1 Å². The Morgan fingerprint density at radius 3 is 2.81 bits per heavy atom. The second-order valence-corrected chi connectivity index (χ2v) is 7.87. The topological polar surface area (TPSA) is 114 Å². The molecule has 0 amide bonds. The van der Waals surface area contributed by atoms with Crippen molar-refractivity contribution < 1.29 is 0 Å². The predicted octanol–water partition coefficient (Wildman–Crippen LogP) is 3.34. The number of nitrogens with two attached hydrogens (primary N) is 2. The quantitative estimate of drug-likeness (QED) is 0.587. The number of aromatic nitrogens is 2. The molecule has 0 unspecified atom stereocenters. The number of allylic oxidation sites excluding steroid dienone is 2. The van der Waals surface area contributed by atoms with Crippen LogP contribution in [0.5, 0.6) is 0 Å². The van der Waals surface area contributed by atoms with E-state index in [-0.39, 0.29) is 5.41 Å². The van der Waals surface area contributed by atoms with Crippen LogP contribution < -0.4 is 16.8 Å². The monoisotopic (exact) mass is 364 g/mol. The second-order valence-electron chi connectivity index (χ2n) is 7.87. The molecule has 6 nitrogen and oxygen atoms in total. The molecule has 6 N–H and O–H groups in total. The Hall–Kier alpha value is -2.73. The Labute approximate surface area is 160 Å². The second kappa shape index (κ2) is 7.88. The molecule has 0 bridgehead atoms. The van der Waals surface area contributed by atoms with Gasteiger partial charge in [0.2, 0.25) is 0 Å². The summed E-state index contributed by atoms with van der Waals surface area (Å²) >= 11 is 0. The number of nitrogens with zero attached hydrogens (tertiary/aromatic N) is 2. The van der Waals surface area contributed by atoms with Gasteiger partial charge in [-0.3, -0.25) is 10.4 Å². The van der Waals surface area contributed by atoms with Crippen molar-refractivity contribution in [3.05, 3.63) is 64.8 Å². The van der Waals surface area contributed by atoms with Gasteiger partial charge in [0.15, 0.2) is 0 Å². The van der Waals surface area contributed by atoms with Crippen molar-refractivity contribution in [3.8, 4) is 0 Å². The van der Waals surface area contributed by atoms with Gasteiger partial charge in [0.05, 0.1) is 11.4 Å².